The third kappa shape index (κ3) is 2.38. The van der Waals surface area contributed by atoms with E-state index in [1.807, 2.05) is 0 Å². The zero-order valence-electron chi connectivity index (χ0n) is 10.7. The van der Waals surface area contributed by atoms with Crippen molar-refractivity contribution in [3.05, 3.63) is 28.8 Å². The maximum Gasteiger partial charge on any atom is 0.254 e. The Balaban J connectivity index is 2.50. The molecule has 0 aromatic heterocycles. The van der Waals surface area contributed by atoms with Crippen molar-refractivity contribution in [1.29, 1.82) is 0 Å². The van der Waals surface area contributed by atoms with E-state index in [1.54, 1.807) is 6.07 Å². The maximum absolute atomic E-state index is 12.7. The molecule has 2 amide bonds. The number of amides is 2. The lowest BCUT2D eigenvalue weighted by atomic mass is 10.0. The van der Waals surface area contributed by atoms with Gasteiger partial charge in [0.2, 0.25) is 0 Å². The fourth-order valence-corrected chi connectivity index (χ4v) is 2.10. The first kappa shape index (κ1) is 13.3. The van der Waals surface area contributed by atoms with Crippen molar-refractivity contribution in [2.45, 2.75) is 12.5 Å². The number of alkyl halides is 1. The van der Waals surface area contributed by atoms with Gasteiger partial charge in [0.25, 0.3) is 11.8 Å². The molecule has 1 unspecified atom stereocenters. The minimum atomic E-state index is -0.628. The van der Waals surface area contributed by atoms with Gasteiger partial charge in [-0.25, -0.2) is 4.39 Å². The standard InChI is InChI=1S/C13H15FN2O3/c1-15-12(17)8-3-7-4-9(6-14)19-11(7)10(5-8)13(18)16-2/h3,5,9H,4,6H2,1-2H3,(H,15,17)(H,16,18). The molecule has 1 aromatic rings. The second kappa shape index (κ2) is 5.26. The van der Waals surface area contributed by atoms with E-state index in [2.05, 4.69) is 10.6 Å². The Morgan fingerprint density at radius 1 is 1.32 bits per heavy atom. The zero-order chi connectivity index (χ0) is 14.0. The summed E-state index contributed by atoms with van der Waals surface area (Å²) in [6, 6.07) is 3.09. The Labute approximate surface area is 110 Å². The molecule has 0 fully saturated rings. The SMILES string of the molecule is CNC(=O)c1cc2c(c(C(=O)NC)c1)OC(CF)C2. The molecule has 0 radical (unpaired) electrons. The molecule has 1 aliphatic rings. The van der Waals surface area contributed by atoms with Crippen LogP contribution in [-0.4, -0.2) is 38.7 Å². The summed E-state index contributed by atoms with van der Waals surface area (Å²) < 4.78 is 18.1. The predicted molar refractivity (Wildman–Crippen MR) is 67.3 cm³/mol. The highest BCUT2D eigenvalue weighted by Gasteiger charge is 2.29. The Morgan fingerprint density at radius 3 is 2.58 bits per heavy atom. The number of halogens is 1. The molecule has 1 aromatic carbocycles. The van der Waals surface area contributed by atoms with E-state index < -0.39 is 12.8 Å². The lowest BCUT2D eigenvalue weighted by Crippen LogP contribution is -2.22. The molecule has 1 heterocycles. The maximum atomic E-state index is 12.7. The van der Waals surface area contributed by atoms with Crippen LogP contribution in [0.4, 0.5) is 4.39 Å². The van der Waals surface area contributed by atoms with Crippen LogP contribution >= 0.6 is 0 Å². The lowest BCUT2D eigenvalue weighted by molar-refractivity contribution is 0.0956. The average Bonchev–Trinajstić information content (AvgIpc) is 2.87. The van der Waals surface area contributed by atoms with Gasteiger partial charge >= 0.3 is 0 Å². The van der Waals surface area contributed by atoms with Gasteiger partial charge in [-0.3, -0.25) is 9.59 Å². The number of carbonyl (C=O) groups excluding carboxylic acids is 2. The molecule has 6 heteroatoms. The topological polar surface area (TPSA) is 67.4 Å². The molecule has 2 N–H and O–H groups in total. The number of benzene rings is 1. The van der Waals surface area contributed by atoms with E-state index >= 15 is 0 Å². The van der Waals surface area contributed by atoms with E-state index in [0.717, 1.165) is 0 Å². The Kier molecular flexibility index (Phi) is 3.69. The van der Waals surface area contributed by atoms with Gasteiger partial charge in [0.05, 0.1) is 5.56 Å². The number of ether oxygens (including phenoxy) is 1. The second-order valence-corrected chi connectivity index (χ2v) is 4.27. The van der Waals surface area contributed by atoms with Gasteiger partial charge in [0, 0.05) is 26.1 Å². The van der Waals surface area contributed by atoms with E-state index in [-0.39, 0.29) is 17.4 Å². The van der Waals surface area contributed by atoms with Crippen molar-refractivity contribution < 1.29 is 18.7 Å². The molecule has 5 nitrogen and oxygen atoms in total. The molecule has 1 atom stereocenters. The van der Waals surface area contributed by atoms with Crippen LogP contribution in [0.1, 0.15) is 26.3 Å². The molecule has 102 valence electrons. The van der Waals surface area contributed by atoms with Gasteiger partial charge in [-0.15, -0.1) is 0 Å². The number of hydrogen-bond donors (Lipinski definition) is 2. The van der Waals surface area contributed by atoms with Crippen LogP contribution in [0.3, 0.4) is 0 Å². The van der Waals surface area contributed by atoms with Crippen molar-refractivity contribution in [2.24, 2.45) is 0 Å². The number of hydrogen-bond acceptors (Lipinski definition) is 3. The molecule has 0 saturated carbocycles. The van der Waals surface area contributed by atoms with Crippen LogP contribution in [-0.2, 0) is 6.42 Å². The Hall–Kier alpha value is -2.11. The van der Waals surface area contributed by atoms with Gasteiger partial charge < -0.3 is 15.4 Å². The summed E-state index contributed by atoms with van der Waals surface area (Å²) in [5.74, 6) is -0.284. The van der Waals surface area contributed by atoms with E-state index in [1.165, 1.54) is 20.2 Å². The minimum absolute atomic E-state index is 0.259. The van der Waals surface area contributed by atoms with Crippen molar-refractivity contribution in [2.75, 3.05) is 20.8 Å². The highest BCUT2D eigenvalue weighted by molar-refractivity contribution is 6.02. The van der Waals surface area contributed by atoms with Crippen molar-refractivity contribution in [3.63, 3.8) is 0 Å². The normalized spacial score (nSPS) is 16.5. The molecule has 0 bridgehead atoms. The van der Waals surface area contributed by atoms with Crippen molar-refractivity contribution in [3.8, 4) is 5.75 Å². The highest BCUT2D eigenvalue weighted by Crippen LogP contribution is 2.34. The Morgan fingerprint density at radius 2 is 2.00 bits per heavy atom. The highest BCUT2D eigenvalue weighted by atomic mass is 19.1. The first-order valence-corrected chi connectivity index (χ1v) is 5.94. The van der Waals surface area contributed by atoms with Crippen LogP contribution in [0.2, 0.25) is 0 Å². The van der Waals surface area contributed by atoms with E-state index in [4.69, 9.17) is 4.74 Å². The molecule has 0 spiro atoms. The summed E-state index contributed by atoms with van der Waals surface area (Å²) in [6.07, 6.45) is -0.223. The van der Waals surface area contributed by atoms with E-state index in [0.29, 0.717) is 23.3 Å². The van der Waals surface area contributed by atoms with Crippen LogP contribution < -0.4 is 15.4 Å². The molecular formula is C13H15FN2O3. The first-order valence-electron chi connectivity index (χ1n) is 5.94. The summed E-state index contributed by atoms with van der Waals surface area (Å²) in [7, 11) is 3.00. The summed E-state index contributed by atoms with van der Waals surface area (Å²) in [5.41, 5.74) is 1.31. The number of nitrogens with one attached hydrogen (secondary N) is 2. The monoisotopic (exact) mass is 266 g/mol. The number of rotatable bonds is 3. The predicted octanol–water partition coefficient (Wildman–Crippen LogP) is 0.679. The summed E-state index contributed by atoms with van der Waals surface area (Å²) in [4.78, 5) is 23.5. The van der Waals surface area contributed by atoms with Crippen LogP contribution in [0.5, 0.6) is 5.75 Å². The minimum Gasteiger partial charge on any atom is -0.486 e. The first-order chi connectivity index (χ1) is 9.10. The van der Waals surface area contributed by atoms with Gasteiger partial charge in [-0.1, -0.05) is 0 Å². The largest absolute Gasteiger partial charge is 0.486 e. The van der Waals surface area contributed by atoms with E-state index in [9.17, 15) is 14.0 Å². The van der Waals surface area contributed by atoms with Crippen LogP contribution in [0, 0.1) is 0 Å². The Bertz CT molecular complexity index is 531. The van der Waals surface area contributed by atoms with Crippen LogP contribution in [0.25, 0.3) is 0 Å². The summed E-state index contributed by atoms with van der Waals surface area (Å²) >= 11 is 0. The molecule has 2 rings (SSSR count). The molecule has 19 heavy (non-hydrogen) atoms. The van der Waals surface area contributed by atoms with Gasteiger partial charge in [-0.2, -0.15) is 0 Å². The van der Waals surface area contributed by atoms with Crippen molar-refractivity contribution >= 4 is 11.8 Å². The quantitative estimate of drug-likeness (QED) is 0.845. The number of carbonyl (C=O) groups is 2. The third-order valence-electron chi connectivity index (χ3n) is 3.03. The van der Waals surface area contributed by atoms with Crippen molar-refractivity contribution in [1.82, 2.24) is 10.6 Å². The zero-order valence-corrected chi connectivity index (χ0v) is 10.7. The second-order valence-electron chi connectivity index (χ2n) is 4.27. The fraction of sp³-hybridized carbons (Fsp3) is 0.385. The van der Waals surface area contributed by atoms with Gasteiger partial charge in [0.15, 0.2) is 0 Å². The molecule has 0 aliphatic carbocycles. The average molecular weight is 266 g/mol. The number of fused-ring (bicyclic) bond motifs is 1. The summed E-state index contributed by atoms with van der Waals surface area (Å²) in [5, 5.41) is 4.98. The van der Waals surface area contributed by atoms with Crippen LogP contribution in [0.15, 0.2) is 12.1 Å². The summed E-state index contributed by atoms with van der Waals surface area (Å²) in [6.45, 7) is -0.628. The smallest absolute Gasteiger partial charge is 0.254 e. The van der Waals surface area contributed by atoms with Gasteiger partial charge in [0.1, 0.15) is 18.5 Å². The lowest BCUT2D eigenvalue weighted by Gasteiger charge is -2.10. The van der Waals surface area contributed by atoms with Gasteiger partial charge in [-0.05, 0) is 17.7 Å². The molecule has 0 saturated heterocycles. The fourth-order valence-electron chi connectivity index (χ4n) is 2.10. The molecular weight excluding hydrogens is 251 g/mol. The molecule has 1 aliphatic heterocycles. The third-order valence-corrected chi connectivity index (χ3v) is 3.03.